The minimum Gasteiger partial charge on any atom is -0.462 e. The minimum atomic E-state index is -0.757. The van der Waals surface area contributed by atoms with Crippen molar-refractivity contribution in [1.82, 2.24) is 0 Å². The van der Waals surface area contributed by atoms with Crippen LogP contribution in [0, 0.1) is 11.8 Å². The van der Waals surface area contributed by atoms with Crippen molar-refractivity contribution in [2.75, 3.05) is 13.2 Å². The Morgan fingerprint density at radius 2 is 0.717 bits per heavy atom. The fourth-order valence-electron chi connectivity index (χ4n) is 5.69. The van der Waals surface area contributed by atoms with Crippen molar-refractivity contribution in [2.24, 2.45) is 11.8 Å². The molecule has 6 nitrogen and oxygen atoms in total. The van der Waals surface area contributed by atoms with E-state index in [-0.39, 0.29) is 31.1 Å². The van der Waals surface area contributed by atoms with Crippen LogP contribution in [-0.2, 0) is 28.6 Å². The van der Waals surface area contributed by atoms with Gasteiger partial charge in [-0.25, -0.2) is 0 Å². The van der Waals surface area contributed by atoms with Crippen molar-refractivity contribution < 1.29 is 28.6 Å². The molecule has 6 heteroatoms. The monoisotopic (exact) mass is 653 g/mol. The van der Waals surface area contributed by atoms with Crippen molar-refractivity contribution in [3.63, 3.8) is 0 Å². The Kier molecular flexibility index (Phi) is 32.2. The molecule has 0 fully saturated rings. The van der Waals surface area contributed by atoms with E-state index in [1.807, 2.05) is 0 Å². The van der Waals surface area contributed by atoms with Gasteiger partial charge in [-0.05, 0) is 31.1 Å². The summed E-state index contributed by atoms with van der Waals surface area (Å²) in [6.07, 6.45) is 28.5. The van der Waals surface area contributed by atoms with E-state index < -0.39 is 6.10 Å². The lowest BCUT2D eigenvalue weighted by Crippen LogP contribution is -2.30. The first-order valence-corrected chi connectivity index (χ1v) is 19.7. The summed E-state index contributed by atoms with van der Waals surface area (Å²) in [5.41, 5.74) is 0. The van der Waals surface area contributed by atoms with Gasteiger partial charge in [0.2, 0.25) is 0 Å². The Labute approximate surface area is 285 Å². The van der Waals surface area contributed by atoms with Gasteiger partial charge in [0.05, 0.1) is 0 Å². The van der Waals surface area contributed by atoms with Crippen molar-refractivity contribution in [1.29, 1.82) is 0 Å². The van der Waals surface area contributed by atoms with Crippen molar-refractivity contribution in [3.8, 4) is 0 Å². The molecule has 0 heterocycles. The number of ether oxygens (including phenoxy) is 3. The zero-order chi connectivity index (χ0) is 34.1. The Balaban J connectivity index is 4.20. The number of esters is 3. The molecule has 0 bridgehead atoms. The Bertz CT molecular complexity index is 704. The van der Waals surface area contributed by atoms with Crippen LogP contribution in [0.2, 0.25) is 0 Å². The molecular weight excluding hydrogens is 576 g/mol. The number of hydrogen-bond acceptors (Lipinski definition) is 6. The first-order chi connectivity index (χ1) is 22.2. The third-order valence-electron chi connectivity index (χ3n) is 8.72. The average molecular weight is 653 g/mol. The van der Waals surface area contributed by atoms with Gasteiger partial charge in [-0.1, -0.05) is 169 Å². The second kappa shape index (κ2) is 33.3. The van der Waals surface area contributed by atoms with Crippen LogP contribution in [0.5, 0.6) is 0 Å². The van der Waals surface area contributed by atoms with Crippen LogP contribution >= 0.6 is 0 Å². The van der Waals surface area contributed by atoms with E-state index in [2.05, 4.69) is 34.6 Å². The summed E-state index contributed by atoms with van der Waals surface area (Å²) >= 11 is 0. The third kappa shape index (κ3) is 33.8. The summed E-state index contributed by atoms with van der Waals surface area (Å²) in [5.74, 6) is 0.706. The van der Waals surface area contributed by atoms with Crippen LogP contribution in [0.4, 0.5) is 0 Å². The topological polar surface area (TPSA) is 78.9 Å². The van der Waals surface area contributed by atoms with Gasteiger partial charge in [0.15, 0.2) is 6.10 Å². The predicted octanol–water partition coefficient (Wildman–Crippen LogP) is 11.8. The van der Waals surface area contributed by atoms with Gasteiger partial charge in [-0.3, -0.25) is 14.4 Å². The highest BCUT2D eigenvalue weighted by Crippen LogP contribution is 2.15. The molecule has 46 heavy (non-hydrogen) atoms. The average Bonchev–Trinajstić information content (AvgIpc) is 3.01. The highest BCUT2D eigenvalue weighted by Gasteiger charge is 2.19. The van der Waals surface area contributed by atoms with Gasteiger partial charge in [0.1, 0.15) is 13.2 Å². The van der Waals surface area contributed by atoms with Gasteiger partial charge in [0, 0.05) is 19.3 Å². The molecule has 0 aliphatic carbocycles. The lowest BCUT2D eigenvalue weighted by atomic mass is 10.0. The molecule has 0 N–H and O–H groups in total. The fraction of sp³-hybridized carbons (Fsp3) is 0.925. The maximum absolute atomic E-state index is 12.4. The Hall–Kier alpha value is -1.59. The van der Waals surface area contributed by atoms with Crippen LogP contribution in [-0.4, -0.2) is 37.2 Å². The maximum Gasteiger partial charge on any atom is 0.306 e. The van der Waals surface area contributed by atoms with Gasteiger partial charge in [0.25, 0.3) is 0 Å². The summed E-state index contributed by atoms with van der Waals surface area (Å²) < 4.78 is 16.5. The lowest BCUT2D eigenvalue weighted by molar-refractivity contribution is -0.167. The summed E-state index contributed by atoms with van der Waals surface area (Å²) in [5, 5.41) is 0. The highest BCUT2D eigenvalue weighted by atomic mass is 16.6. The highest BCUT2D eigenvalue weighted by molar-refractivity contribution is 5.71. The van der Waals surface area contributed by atoms with Gasteiger partial charge in [-0.2, -0.15) is 0 Å². The summed E-state index contributed by atoms with van der Waals surface area (Å²) in [6.45, 7) is 11.2. The molecule has 0 aliphatic rings. The maximum atomic E-state index is 12.4. The third-order valence-corrected chi connectivity index (χ3v) is 8.72. The predicted molar refractivity (Wildman–Crippen MR) is 192 cm³/mol. The quantitative estimate of drug-likeness (QED) is 0.0391. The number of unbranched alkanes of at least 4 members (excludes halogenated alkanes) is 19. The normalized spacial score (nSPS) is 12.1. The molecule has 0 unspecified atom stereocenters. The zero-order valence-corrected chi connectivity index (χ0v) is 31.2. The molecule has 0 saturated heterocycles. The van der Waals surface area contributed by atoms with Crippen LogP contribution in [0.15, 0.2) is 0 Å². The van der Waals surface area contributed by atoms with E-state index >= 15 is 0 Å². The van der Waals surface area contributed by atoms with Gasteiger partial charge >= 0.3 is 17.9 Å². The largest absolute Gasteiger partial charge is 0.462 e. The fourth-order valence-corrected chi connectivity index (χ4v) is 5.69. The number of rotatable bonds is 34. The van der Waals surface area contributed by atoms with E-state index in [1.54, 1.807) is 0 Å². The Morgan fingerprint density at radius 3 is 1.07 bits per heavy atom. The van der Waals surface area contributed by atoms with E-state index in [9.17, 15) is 14.4 Å². The first-order valence-electron chi connectivity index (χ1n) is 19.7. The van der Waals surface area contributed by atoms with E-state index in [4.69, 9.17) is 14.2 Å². The van der Waals surface area contributed by atoms with Crippen LogP contribution in [0.25, 0.3) is 0 Å². The van der Waals surface area contributed by atoms with E-state index in [1.165, 1.54) is 89.9 Å². The molecule has 0 aromatic rings. The Morgan fingerprint density at radius 1 is 0.413 bits per heavy atom. The molecule has 0 amide bonds. The lowest BCUT2D eigenvalue weighted by Gasteiger charge is -2.18. The molecular formula is C40H76O6. The molecule has 0 aromatic heterocycles. The molecule has 0 aromatic carbocycles. The van der Waals surface area contributed by atoms with Crippen LogP contribution in [0.1, 0.15) is 208 Å². The first kappa shape index (κ1) is 44.4. The molecule has 1 atom stereocenters. The van der Waals surface area contributed by atoms with Crippen molar-refractivity contribution >= 4 is 17.9 Å². The van der Waals surface area contributed by atoms with Gasteiger partial charge < -0.3 is 14.2 Å². The molecule has 0 aliphatic heterocycles. The second-order valence-electron chi connectivity index (χ2n) is 14.5. The number of carbonyl (C=O) groups is 3. The summed E-state index contributed by atoms with van der Waals surface area (Å²) in [6, 6.07) is 0. The molecule has 0 radical (unpaired) electrons. The summed E-state index contributed by atoms with van der Waals surface area (Å²) in [7, 11) is 0. The van der Waals surface area contributed by atoms with Crippen molar-refractivity contribution in [2.45, 2.75) is 214 Å². The number of carbonyl (C=O) groups excluding carboxylic acids is 3. The second-order valence-corrected chi connectivity index (χ2v) is 14.5. The minimum absolute atomic E-state index is 0.0679. The van der Waals surface area contributed by atoms with Crippen LogP contribution < -0.4 is 0 Å². The standard InChI is InChI=1S/C40H76O6/c1-6-7-8-18-27-32-40(43)46-37(34-45-39(42)31-26-22-17-16-20-24-29-36(4)5)33-44-38(41)30-25-21-15-13-11-9-10-12-14-19-23-28-35(2)3/h35-37H,6-34H2,1-5H3/t37-/m1/s1. The smallest absolute Gasteiger partial charge is 0.306 e. The SMILES string of the molecule is CCCCCCCC(=O)O[C@H](COC(=O)CCCCCCCCCCCCCC(C)C)COC(=O)CCCCCCCCC(C)C. The summed E-state index contributed by atoms with van der Waals surface area (Å²) in [4.78, 5) is 37.2. The molecule has 272 valence electrons. The molecule has 0 rings (SSSR count). The van der Waals surface area contributed by atoms with E-state index in [0.717, 1.165) is 76.0 Å². The zero-order valence-electron chi connectivity index (χ0n) is 31.2. The number of hydrogen-bond donors (Lipinski definition) is 0. The van der Waals surface area contributed by atoms with Crippen molar-refractivity contribution in [3.05, 3.63) is 0 Å². The molecule has 0 saturated carbocycles. The van der Waals surface area contributed by atoms with Gasteiger partial charge in [-0.15, -0.1) is 0 Å². The van der Waals surface area contributed by atoms with Crippen LogP contribution in [0.3, 0.4) is 0 Å². The molecule has 0 spiro atoms. The van der Waals surface area contributed by atoms with E-state index in [0.29, 0.717) is 19.3 Å².